The van der Waals surface area contributed by atoms with Gasteiger partial charge in [0.25, 0.3) is 0 Å². The van der Waals surface area contributed by atoms with Crippen molar-refractivity contribution in [2.75, 3.05) is 13.1 Å². The highest BCUT2D eigenvalue weighted by Crippen LogP contribution is 2.26. The summed E-state index contributed by atoms with van der Waals surface area (Å²) in [4.78, 5) is 13.6. The standard InChI is InChI=1S/C12H21NO/c1-9(2)10-7-13(8-10)11(14)6-12(3,4)5/h10H,1,6-8H2,2-5H3. The molecule has 0 bridgehead atoms. The van der Waals surface area contributed by atoms with E-state index in [2.05, 4.69) is 27.4 Å². The van der Waals surface area contributed by atoms with E-state index in [0.717, 1.165) is 13.1 Å². The number of likely N-dealkylation sites (tertiary alicyclic amines) is 1. The van der Waals surface area contributed by atoms with Gasteiger partial charge in [0.15, 0.2) is 0 Å². The Bertz CT molecular complexity index is 244. The fourth-order valence-corrected chi connectivity index (χ4v) is 1.56. The second-order valence-corrected chi connectivity index (χ2v) is 5.58. The van der Waals surface area contributed by atoms with Crippen molar-refractivity contribution in [2.45, 2.75) is 34.1 Å². The molecule has 0 unspecified atom stereocenters. The molecule has 1 aliphatic heterocycles. The maximum atomic E-state index is 11.7. The van der Waals surface area contributed by atoms with E-state index in [9.17, 15) is 4.79 Å². The summed E-state index contributed by atoms with van der Waals surface area (Å²) >= 11 is 0. The zero-order valence-corrected chi connectivity index (χ0v) is 9.76. The van der Waals surface area contributed by atoms with Crippen molar-refractivity contribution >= 4 is 5.91 Å². The molecule has 1 aliphatic rings. The molecule has 80 valence electrons. The number of hydrogen-bond acceptors (Lipinski definition) is 1. The van der Waals surface area contributed by atoms with Gasteiger partial charge in [-0.15, -0.1) is 0 Å². The predicted octanol–water partition coefficient (Wildman–Crippen LogP) is 2.46. The molecule has 2 heteroatoms. The number of amides is 1. The van der Waals surface area contributed by atoms with Crippen LogP contribution in [0.25, 0.3) is 0 Å². The van der Waals surface area contributed by atoms with Gasteiger partial charge in [-0.1, -0.05) is 32.9 Å². The summed E-state index contributed by atoms with van der Waals surface area (Å²) in [7, 11) is 0. The number of carbonyl (C=O) groups excluding carboxylic acids is 1. The topological polar surface area (TPSA) is 20.3 Å². The molecule has 0 radical (unpaired) electrons. The van der Waals surface area contributed by atoms with Crippen LogP contribution in [0.15, 0.2) is 12.2 Å². The molecule has 0 aliphatic carbocycles. The summed E-state index contributed by atoms with van der Waals surface area (Å²) in [5, 5.41) is 0. The quantitative estimate of drug-likeness (QED) is 0.620. The maximum absolute atomic E-state index is 11.7. The van der Waals surface area contributed by atoms with Crippen LogP contribution in [0.4, 0.5) is 0 Å². The zero-order chi connectivity index (χ0) is 10.9. The van der Waals surface area contributed by atoms with Crippen molar-refractivity contribution in [3.63, 3.8) is 0 Å². The SMILES string of the molecule is C=C(C)C1CN(C(=O)CC(C)(C)C)C1. The van der Waals surface area contributed by atoms with Crippen LogP contribution >= 0.6 is 0 Å². The minimum atomic E-state index is 0.103. The smallest absolute Gasteiger partial charge is 0.223 e. The minimum absolute atomic E-state index is 0.103. The second-order valence-electron chi connectivity index (χ2n) is 5.58. The normalized spacial score (nSPS) is 17.9. The highest BCUT2D eigenvalue weighted by Gasteiger charge is 2.32. The summed E-state index contributed by atoms with van der Waals surface area (Å²) in [5.41, 5.74) is 1.30. The van der Waals surface area contributed by atoms with Crippen LogP contribution in [0.2, 0.25) is 0 Å². The lowest BCUT2D eigenvalue weighted by molar-refractivity contribution is -0.138. The van der Waals surface area contributed by atoms with Gasteiger partial charge in [-0.2, -0.15) is 0 Å². The Balaban J connectivity index is 2.34. The summed E-state index contributed by atoms with van der Waals surface area (Å²) in [6.07, 6.45) is 0.649. The lowest BCUT2D eigenvalue weighted by atomic mass is 9.88. The summed E-state index contributed by atoms with van der Waals surface area (Å²) in [5.74, 6) is 0.828. The van der Waals surface area contributed by atoms with Crippen molar-refractivity contribution in [3.05, 3.63) is 12.2 Å². The Morgan fingerprint density at radius 2 is 1.93 bits per heavy atom. The zero-order valence-electron chi connectivity index (χ0n) is 9.76. The van der Waals surface area contributed by atoms with Crippen molar-refractivity contribution in [2.24, 2.45) is 11.3 Å². The van der Waals surface area contributed by atoms with Gasteiger partial charge < -0.3 is 4.90 Å². The monoisotopic (exact) mass is 195 g/mol. The highest BCUT2D eigenvalue weighted by atomic mass is 16.2. The molecule has 1 saturated heterocycles. The third-order valence-electron chi connectivity index (χ3n) is 2.61. The van der Waals surface area contributed by atoms with E-state index in [-0.39, 0.29) is 11.3 Å². The van der Waals surface area contributed by atoms with E-state index < -0.39 is 0 Å². The van der Waals surface area contributed by atoms with Gasteiger partial charge in [0.1, 0.15) is 0 Å². The molecule has 0 N–H and O–H groups in total. The highest BCUT2D eigenvalue weighted by molar-refractivity contribution is 5.77. The average molecular weight is 195 g/mol. The summed E-state index contributed by atoms with van der Waals surface area (Å²) in [6, 6.07) is 0. The second kappa shape index (κ2) is 3.76. The lowest BCUT2D eigenvalue weighted by Crippen LogP contribution is -2.50. The molecule has 0 atom stereocenters. The molecule has 0 aromatic carbocycles. The lowest BCUT2D eigenvalue weighted by Gasteiger charge is -2.40. The van der Waals surface area contributed by atoms with Gasteiger partial charge in [0.05, 0.1) is 0 Å². The Morgan fingerprint density at radius 3 is 2.29 bits per heavy atom. The van der Waals surface area contributed by atoms with Crippen molar-refractivity contribution in [1.29, 1.82) is 0 Å². The first-order valence-electron chi connectivity index (χ1n) is 5.23. The predicted molar refractivity (Wildman–Crippen MR) is 59.0 cm³/mol. The number of nitrogens with zero attached hydrogens (tertiary/aromatic N) is 1. The largest absolute Gasteiger partial charge is 0.341 e. The third-order valence-corrected chi connectivity index (χ3v) is 2.61. The van der Waals surface area contributed by atoms with Crippen LogP contribution in [0.1, 0.15) is 34.1 Å². The molecule has 0 spiro atoms. The summed E-state index contributed by atoms with van der Waals surface area (Å²) < 4.78 is 0. The molecular formula is C12H21NO. The molecule has 0 aromatic rings. The number of rotatable bonds is 2. The molecule has 2 nitrogen and oxygen atoms in total. The van der Waals surface area contributed by atoms with Gasteiger partial charge >= 0.3 is 0 Å². The molecule has 1 heterocycles. The van der Waals surface area contributed by atoms with Crippen LogP contribution in [-0.4, -0.2) is 23.9 Å². The van der Waals surface area contributed by atoms with E-state index in [1.165, 1.54) is 5.57 Å². The molecule has 1 rings (SSSR count). The van der Waals surface area contributed by atoms with E-state index in [1.54, 1.807) is 0 Å². The van der Waals surface area contributed by atoms with Gasteiger partial charge in [0, 0.05) is 25.4 Å². The number of hydrogen-bond donors (Lipinski definition) is 0. The van der Waals surface area contributed by atoms with Crippen LogP contribution in [0.5, 0.6) is 0 Å². The van der Waals surface area contributed by atoms with Crippen LogP contribution in [0, 0.1) is 11.3 Å². The van der Waals surface area contributed by atoms with Crippen molar-refractivity contribution in [3.8, 4) is 0 Å². The minimum Gasteiger partial charge on any atom is -0.341 e. The van der Waals surface area contributed by atoms with Crippen LogP contribution < -0.4 is 0 Å². The molecule has 0 saturated carbocycles. The molecule has 14 heavy (non-hydrogen) atoms. The van der Waals surface area contributed by atoms with E-state index in [1.807, 2.05) is 11.8 Å². The third kappa shape index (κ3) is 2.86. The molecular weight excluding hydrogens is 174 g/mol. The average Bonchev–Trinajstić information content (AvgIpc) is 1.75. The maximum Gasteiger partial charge on any atom is 0.223 e. The first-order valence-corrected chi connectivity index (χ1v) is 5.23. The van der Waals surface area contributed by atoms with Crippen LogP contribution in [-0.2, 0) is 4.79 Å². The van der Waals surface area contributed by atoms with Gasteiger partial charge in [0.2, 0.25) is 5.91 Å². The Labute approximate surface area is 87.0 Å². The van der Waals surface area contributed by atoms with E-state index in [0.29, 0.717) is 12.3 Å². The van der Waals surface area contributed by atoms with Crippen LogP contribution in [0.3, 0.4) is 0 Å². The van der Waals surface area contributed by atoms with Gasteiger partial charge in [-0.25, -0.2) is 0 Å². The first kappa shape index (κ1) is 11.3. The summed E-state index contributed by atoms with van der Waals surface area (Å²) in [6.45, 7) is 14.0. The molecule has 1 fully saturated rings. The fraction of sp³-hybridized carbons (Fsp3) is 0.750. The first-order chi connectivity index (χ1) is 6.29. The molecule has 0 aromatic heterocycles. The molecule has 1 amide bonds. The Hall–Kier alpha value is -0.790. The van der Waals surface area contributed by atoms with E-state index in [4.69, 9.17) is 0 Å². The Morgan fingerprint density at radius 1 is 1.43 bits per heavy atom. The van der Waals surface area contributed by atoms with Gasteiger partial charge in [-0.3, -0.25) is 4.79 Å². The van der Waals surface area contributed by atoms with Crippen molar-refractivity contribution < 1.29 is 4.79 Å². The van der Waals surface area contributed by atoms with Crippen molar-refractivity contribution in [1.82, 2.24) is 4.90 Å². The Kier molecular flexibility index (Phi) is 3.03. The number of carbonyl (C=O) groups is 1. The van der Waals surface area contributed by atoms with Gasteiger partial charge in [-0.05, 0) is 12.3 Å². The van der Waals surface area contributed by atoms with E-state index >= 15 is 0 Å². The fourth-order valence-electron chi connectivity index (χ4n) is 1.56.